The highest BCUT2D eigenvalue weighted by Gasteiger charge is 2.29. The van der Waals surface area contributed by atoms with E-state index in [9.17, 15) is 0 Å². The SMILES string of the molecule is N=C/C=C\c1[nH]ncc1-c1ccnc2[nH]c(C3CC(N)C3)cc12. The van der Waals surface area contributed by atoms with E-state index in [1.54, 1.807) is 6.08 Å². The topological polar surface area (TPSA) is 107 Å². The maximum atomic E-state index is 7.13. The van der Waals surface area contributed by atoms with Crippen LogP contribution in [0.3, 0.4) is 0 Å². The van der Waals surface area contributed by atoms with Gasteiger partial charge in [-0.1, -0.05) is 0 Å². The summed E-state index contributed by atoms with van der Waals surface area (Å²) in [5.74, 6) is 0.508. The van der Waals surface area contributed by atoms with Crippen molar-refractivity contribution in [3.05, 3.63) is 42.0 Å². The predicted octanol–water partition coefficient (Wildman–Crippen LogP) is 2.82. The Morgan fingerprint density at radius 1 is 1.30 bits per heavy atom. The van der Waals surface area contributed by atoms with Crippen LogP contribution in [0, 0.1) is 5.41 Å². The first-order chi connectivity index (χ1) is 11.3. The van der Waals surface area contributed by atoms with E-state index in [1.165, 1.54) is 11.9 Å². The molecule has 3 aromatic heterocycles. The fourth-order valence-corrected chi connectivity index (χ4v) is 3.20. The van der Waals surface area contributed by atoms with E-state index < -0.39 is 0 Å². The van der Waals surface area contributed by atoms with Crippen molar-refractivity contribution < 1.29 is 0 Å². The van der Waals surface area contributed by atoms with Crippen molar-refractivity contribution >= 4 is 23.3 Å². The second-order valence-corrected chi connectivity index (χ2v) is 6.00. The number of hydrogen-bond acceptors (Lipinski definition) is 4. The first-order valence-corrected chi connectivity index (χ1v) is 7.70. The van der Waals surface area contributed by atoms with Crippen LogP contribution in [-0.4, -0.2) is 32.4 Å². The van der Waals surface area contributed by atoms with Crippen molar-refractivity contribution in [2.24, 2.45) is 5.73 Å². The number of aromatic nitrogens is 4. The molecule has 0 unspecified atom stereocenters. The zero-order valence-corrected chi connectivity index (χ0v) is 12.6. The average Bonchev–Trinajstić information content (AvgIpc) is 3.15. The summed E-state index contributed by atoms with van der Waals surface area (Å²) < 4.78 is 0. The van der Waals surface area contributed by atoms with Gasteiger partial charge in [-0.25, -0.2) is 4.98 Å². The lowest BCUT2D eigenvalue weighted by molar-refractivity contribution is 0.346. The molecule has 4 rings (SSSR count). The Kier molecular flexibility index (Phi) is 3.31. The number of allylic oxidation sites excluding steroid dienone is 1. The minimum atomic E-state index is 0.325. The highest BCUT2D eigenvalue weighted by atomic mass is 15.1. The molecule has 1 fully saturated rings. The molecular formula is C17H18N6. The van der Waals surface area contributed by atoms with Gasteiger partial charge in [0.1, 0.15) is 5.65 Å². The van der Waals surface area contributed by atoms with Gasteiger partial charge in [0, 0.05) is 41.0 Å². The number of nitrogens with zero attached hydrogens (tertiary/aromatic N) is 2. The van der Waals surface area contributed by atoms with Crippen LogP contribution < -0.4 is 5.73 Å². The lowest BCUT2D eigenvalue weighted by Gasteiger charge is -2.31. The molecule has 0 spiro atoms. The Bertz CT molecular complexity index is 882. The number of pyridine rings is 1. The maximum absolute atomic E-state index is 7.13. The van der Waals surface area contributed by atoms with Gasteiger partial charge in [0.15, 0.2) is 0 Å². The average molecular weight is 306 g/mol. The van der Waals surface area contributed by atoms with E-state index in [0.717, 1.165) is 40.7 Å². The molecule has 3 aromatic rings. The van der Waals surface area contributed by atoms with E-state index >= 15 is 0 Å². The summed E-state index contributed by atoms with van der Waals surface area (Å²) >= 11 is 0. The van der Waals surface area contributed by atoms with E-state index in [-0.39, 0.29) is 0 Å². The fraction of sp³-hybridized carbons (Fsp3) is 0.235. The predicted molar refractivity (Wildman–Crippen MR) is 91.4 cm³/mol. The normalized spacial score (nSPS) is 20.9. The minimum absolute atomic E-state index is 0.325. The summed E-state index contributed by atoms with van der Waals surface area (Å²) in [6.07, 6.45) is 10.4. The van der Waals surface area contributed by atoms with Crippen LogP contribution in [0.25, 0.3) is 28.2 Å². The van der Waals surface area contributed by atoms with E-state index in [0.29, 0.717) is 12.0 Å². The highest BCUT2D eigenvalue weighted by molar-refractivity contribution is 5.95. The highest BCUT2D eigenvalue weighted by Crippen LogP contribution is 2.38. The number of rotatable bonds is 4. The molecule has 0 aliphatic heterocycles. The third-order valence-electron chi connectivity index (χ3n) is 4.49. The number of nitrogens with two attached hydrogens (primary N) is 1. The van der Waals surface area contributed by atoms with Gasteiger partial charge in [-0.2, -0.15) is 5.10 Å². The number of nitrogens with one attached hydrogen (secondary N) is 3. The molecule has 116 valence electrons. The Morgan fingerprint density at radius 2 is 2.17 bits per heavy atom. The number of H-pyrrole nitrogens is 2. The van der Waals surface area contributed by atoms with Gasteiger partial charge in [0.2, 0.25) is 0 Å². The monoisotopic (exact) mass is 306 g/mol. The van der Waals surface area contributed by atoms with Crippen molar-refractivity contribution in [1.82, 2.24) is 20.2 Å². The van der Waals surface area contributed by atoms with Gasteiger partial charge < -0.3 is 16.1 Å². The van der Waals surface area contributed by atoms with Crippen molar-refractivity contribution in [1.29, 1.82) is 5.41 Å². The molecule has 5 N–H and O–H groups in total. The van der Waals surface area contributed by atoms with E-state index in [4.69, 9.17) is 11.1 Å². The van der Waals surface area contributed by atoms with Gasteiger partial charge in [-0.15, -0.1) is 0 Å². The smallest absolute Gasteiger partial charge is 0.138 e. The molecule has 6 heteroatoms. The Labute approximate surface area is 133 Å². The molecular weight excluding hydrogens is 288 g/mol. The first-order valence-electron chi connectivity index (χ1n) is 7.70. The summed E-state index contributed by atoms with van der Waals surface area (Å²) in [7, 11) is 0. The maximum Gasteiger partial charge on any atom is 0.138 e. The van der Waals surface area contributed by atoms with Crippen LogP contribution in [0.2, 0.25) is 0 Å². The molecule has 23 heavy (non-hydrogen) atoms. The lowest BCUT2D eigenvalue weighted by atomic mass is 9.79. The molecule has 0 atom stereocenters. The molecule has 6 nitrogen and oxygen atoms in total. The van der Waals surface area contributed by atoms with Crippen LogP contribution in [0.5, 0.6) is 0 Å². The molecule has 0 saturated heterocycles. The molecule has 1 saturated carbocycles. The zero-order valence-electron chi connectivity index (χ0n) is 12.6. The van der Waals surface area contributed by atoms with Crippen LogP contribution in [0.4, 0.5) is 0 Å². The molecule has 1 aliphatic carbocycles. The molecule has 0 radical (unpaired) electrons. The van der Waals surface area contributed by atoms with E-state index in [2.05, 4.69) is 26.2 Å². The quantitative estimate of drug-likeness (QED) is 0.557. The van der Waals surface area contributed by atoms with Gasteiger partial charge >= 0.3 is 0 Å². The van der Waals surface area contributed by atoms with Crippen LogP contribution in [0.15, 0.2) is 30.6 Å². The second-order valence-electron chi connectivity index (χ2n) is 6.00. The van der Waals surface area contributed by atoms with Crippen molar-refractivity contribution in [2.75, 3.05) is 0 Å². The van der Waals surface area contributed by atoms with Gasteiger partial charge in [-0.3, -0.25) is 5.10 Å². The molecule has 1 aliphatic rings. The molecule has 0 aromatic carbocycles. The van der Waals surface area contributed by atoms with Crippen molar-refractivity contribution in [3.8, 4) is 11.1 Å². The summed E-state index contributed by atoms with van der Waals surface area (Å²) in [6, 6.07) is 4.51. The Hall–Kier alpha value is -2.73. The standard InChI is InChI=1S/C17H18N6/c18-4-1-2-15-14(9-21-23-15)12-3-5-20-17-13(12)8-16(22-17)10-6-11(19)7-10/h1-5,8-11,18H,6-7,19H2,(H,20,22)(H,21,23)/b2-1-,18-4?. The van der Waals surface area contributed by atoms with Gasteiger partial charge in [0.05, 0.1) is 11.9 Å². The second kappa shape index (κ2) is 5.48. The number of aromatic amines is 2. The third-order valence-corrected chi connectivity index (χ3v) is 4.49. The molecule has 0 amide bonds. The third kappa shape index (κ3) is 2.37. The summed E-state index contributed by atoms with van der Waals surface area (Å²) in [6.45, 7) is 0. The van der Waals surface area contributed by atoms with E-state index in [1.807, 2.05) is 24.5 Å². The Balaban J connectivity index is 1.80. The molecule has 3 heterocycles. The van der Waals surface area contributed by atoms with Crippen LogP contribution in [-0.2, 0) is 0 Å². The fourth-order valence-electron chi connectivity index (χ4n) is 3.20. The van der Waals surface area contributed by atoms with Crippen LogP contribution >= 0.6 is 0 Å². The summed E-state index contributed by atoms with van der Waals surface area (Å²) in [5, 5.41) is 15.3. The summed E-state index contributed by atoms with van der Waals surface area (Å²) in [5.41, 5.74) is 11.0. The first kappa shape index (κ1) is 13.9. The van der Waals surface area contributed by atoms with Crippen LogP contribution in [0.1, 0.15) is 30.1 Å². The molecule has 0 bridgehead atoms. The Morgan fingerprint density at radius 3 is 2.96 bits per heavy atom. The zero-order chi connectivity index (χ0) is 15.8. The van der Waals surface area contributed by atoms with Crippen molar-refractivity contribution in [2.45, 2.75) is 24.8 Å². The van der Waals surface area contributed by atoms with Crippen molar-refractivity contribution in [3.63, 3.8) is 0 Å². The largest absolute Gasteiger partial charge is 0.343 e. The van der Waals surface area contributed by atoms with Gasteiger partial charge in [-0.05, 0) is 42.7 Å². The number of fused-ring (bicyclic) bond motifs is 1. The summed E-state index contributed by atoms with van der Waals surface area (Å²) in [4.78, 5) is 7.88. The minimum Gasteiger partial charge on any atom is -0.343 e. The lowest BCUT2D eigenvalue weighted by Crippen LogP contribution is -2.34. The van der Waals surface area contributed by atoms with Gasteiger partial charge in [0.25, 0.3) is 0 Å². The number of hydrogen-bond donors (Lipinski definition) is 4.